The molecule has 0 atom stereocenters. The SMILES string of the molecule is Cc1cc(C)cc(-c2ccc3c4ccccc4n(-c4ccc(-c5ccccc5F)c(-c5nc(-c6ccccc6)nc(-c6ccccc6)n5)c4)c3c2)c1. The highest BCUT2D eigenvalue weighted by Crippen LogP contribution is 2.39. The van der Waals surface area contributed by atoms with E-state index in [9.17, 15) is 0 Å². The maximum Gasteiger partial charge on any atom is 0.164 e. The van der Waals surface area contributed by atoms with Crippen LogP contribution in [-0.4, -0.2) is 19.5 Å². The quantitative estimate of drug-likeness (QED) is 0.177. The maximum atomic E-state index is 15.7. The third-order valence-corrected chi connectivity index (χ3v) is 9.59. The van der Waals surface area contributed by atoms with Gasteiger partial charge in [-0.1, -0.05) is 145 Å². The number of halogens is 1. The molecule has 0 fully saturated rings. The van der Waals surface area contributed by atoms with E-state index in [0.717, 1.165) is 44.2 Å². The van der Waals surface area contributed by atoms with Crippen LogP contribution in [0.5, 0.6) is 0 Å². The average Bonchev–Trinajstić information content (AvgIpc) is 3.52. The number of benzene rings is 7. The number of para-hydroxylation sites is 1. The molecule has 0 aliphatic rings. The van der Waals surface area contributed by atoms with Crippen LogP contribution in [0.1, 0.15) is 11.1 Å². The predicted molar refractivity (Wildman–Crippen MR) is 211 cm³/mol. The van der Waals surface area contributed by atoms with Crippen LogP contribution in [0.15, 0.2) is 164 Å². The number of fused-ring (bicyclic) bond motifs is 3. The molecule has 0 saturated carbocycles. The first-order valence-electron chi connectivity index (χ1n) is 17.4. The Balaban J connectivity index is 1.33. The minimum atomic E-state index is -0.313. The van der Waals surface area contributed by atoms with Gasteiger partial charge in [0, 0.05) is 38.7 Å². The zero-order valence-corrected chi connectivity index (χ0v) is 28.8. The van der Waals surface area contributed by atoms with E-state index < -0.39 is 0 Å². The summed E-state index contributed by atoms with van der Waals surface area (Å²) >= 11 is 0. The number of hydrogen-bond acceptors (Lipinski definition) is 3. The van der Waals surface area contributed by atoms with Crippen molar-refractivity contribution in [3.8, 4) is 62.1 Å². The molecule has 0 saturated heterocycles. The van der Waals surface area contributed by atoms with Crippen molar-refractivity contribution >= 4 is 21.8 Å². The number of aromatic nitrogens is 4. The molecule has 0 unspecified atom stereocenters. The lowest BCUT2D eigenvalue weighted by molar-refractivity contribution is 0.631. The summed E-state index contributed by atoms with van der Waals surface area (Å²) in [5.41, 5.74) is 11.5. The van der Waals surface area contributed by atoms with Crippen LogP contribution in [0.25, 0.3) is 83.9 Å². The molecule has 7 aromatic carbocycles. The molecule has 248 valence electrons. The lowest BCUT2D eigenvalue weighted by atomic mass is 9.97. The van der Waals surface area contributed by atoms with Gasteiger partial charge in [-0.25, -0.2) is 19.3 Å². The van der Waals surface area contributed by atoms with E-state index >= 15 is 4.39 Å². The third kappa shape index (κ3) is 5.62. The minimum Gasteiger partial charge on any atom is -0.309 e. The molecule has 4 nitrogen and oxygen atoms in total. The molecule has 0 N–H and O–H groups in total. The fraction of sp³-hybridized carbons (Fsp3) is 0.0426. The molecule has 5 heteroatoms. The van der Waals surface area contributed by atoms with Gasteiger partial charge in [-0.2, -0.15) is 0 Å². The van der Waals surface area contributed by atoms with Gasteiger partial charge >= 0.3 is 0 Å². The van der Waals surface area contributed by atoms with Crippen molar-refractivity contribution in [1.29, 1.82) is 0 Å². The van der Waals surface area contributed by atoms with Crippen molar-refractivity contribution in [1.82, 2.24) is 19.5 Å². The van der Waals surface area contributed by atoms with E-state index in [2.05, 4.69) is 91.2 Å². The highest BCUT2D eigenvalue weighted by Gasteiger charge is 2.20. The van der Waals surface area contributed by atoms with Crippen molar-refractivity contribution in [2.24, 2.45) is 0 Å². The van der Waals surface area contributed by atoms with Gasteiger partial charge in [0.25, 0.3) is 0 Å². The zero-order chi connectivity index (χ0) is 35.2. The van der Waals surface area contributed by atoms with E-state index in [-0.39, 0.29) is 5.82 Å². The molecular weight excluding hydrogens is 640 g/mol. The molecule has 0 aliphatic heterocycles. The Morgan fingerprint density at radius 1 is 0.404 bits per heavy atom. The summed E-state index contributed by atoms with van der Waals surface area (Å²) in [5, 5.41) is 2.31. The Labute approximate surface area is 301 Å². The van der Waals surface area contributed by atoms with E-state index in [1.54, 1.807) is 6.07 Å². The monoisotopic (exact) mass is 672 g/mol. The molecule has 0 aliphatic carbocycles. The van der Waals surface area contributed by atoms with Crippen LogP contribution in [0.4, 0.5) is 4.39 Å². The van der Waals surface area contributed by atoms with Crippen LogP contribution in [-0.2, 0) is 0 Å². The van der Waals surface area contributed by atoms with Gasteiger partial charge in [0.05, 0.1) is 11.0 Å². The Kier molecular flexibility index (Phi) is 7.74. The standard InChI is InChI=1S/C47H33FN4/c1-30-25-31(2)27-35(26-30)34-21-23-40-39-18-10-12-20-43(39)52(44(40)28-34)36-22-24-37(38-17-9-11-19-42(38)48)41(29-36)47-50-45(32-13-5-3-6-14-32)49-46(51-47)33-15-7-4-8-16-33/h3-29H,1-2H3. The minimum absolute atomic E-state index is 0.313. The van der Waals surface area contributed by atoms with Crippen molar-refractivity contribution in [2.75, 3.05) is 0 Å². The Bertz CT molecular complexity index is 2690. The van der Waals surface area contributed by atoms with Crippen molar-refractivity contribution in [3.63, 3.8) is 0 Å². The van der Waals surface area contributed by atoms with E-state index in [0.29, 0.717) is 34.2 Å². The zero-order valence-electron chi connectivity index (χ0n) is 28.8. The summed E-state index contributed by atoms with van der Waals surface area (Å²) in [4.78, 5) is 15.1. The molecule has 9 aromatic rings. The Hall–Kier alpha value is -6.72. The smallest absolute Gasteiger partial charge is 0.164 e. The molecule has 2 aromatic heterocycles. The second-order valence-corrected chi connectivity index (χ2v) is 13.2. The molecule has 9 rings (SSSR count). The topological polar surface area (TPSA) is 43.6 Å². The van der Waals surface area contributed by atoms with Crippen molar-refractivity contribution < 1.29 is 4.39 Å². The summed E-state index contributed by atoms with van der Waals surface area (Å²) in [6.45, 7) is 4.27. The van der Waals surface area contributed by atoms with E-state index in [4.69, 9.17) is 15.0 Å². The van der Waals surface area contributed by atoms with Gasteiger partial charge in [-0.15, -0.1) is 0 Å². The molecule has 52 heavy (non-hydrogen) atoms. The maximum absolute atomic E-state index is 15.7. The first kappa shape index (κ1) is 31.3. The van der Waals surface area contributed by atoms with Crippen molar-refractivity contribution in [3.05, 3.63) is 181 Å². The Morgan fingerprint density at radius 2 is 1.00 bits per heavy atom. The summed E-state index contributed by atoms with van der Waals surface area (Å²) in [7, 11) is 0. The largest absolute Gasteiger partial charge is 0.309 e. The number of nitrogens with zero attached hydrogens (tertiary/aromatic N) is 4. The predicted octanol–water partition coefficient (Wildman–Crippen LogP) is 12.1. The van der Waals surface area contributed by atoms with Crippen LogP contribution in [0.2, 0.25) is 0 Å². The van der Waals surface area contributed by atoms with Gasteiger partial charge in [0.1, 0.15) is 5.82 Å². The highest BCUT2D eigenvalue weighted by atomic mass is 19.1. The first-order valence-corrected chi connectivity index (χ1v) is 17.4. The lowest BCUT2D eigenvalue weighted by Gasteiger charge is -2.16. The van der Waals surface area contributed by atoms with Crippen LogP contribution in [0, 0.1) is 19.7 Å². The highest BCUT2D eigenvalue weighted by molar-refractivity contribution is 6.10. The summed E-state index contributed by atoms with van der Waals surface area (Å²) in [6.07, 6.45) is 0. The van der Waals surface area contributed by atoms with Gasteiger partial charge in [-0.05, 0) is 60.9 Å². The average molecular weight is 673 g/mol. The normalized spacial score (nSPS) is 11.4. The number of hydrogen-bond donors (Lipinski definition) is 0. The second kappa shape index (κ2) is 12.9. The van der Waals surface area contributed by atoms with Gasteiger partial charge in [0.15, 0.2) is 17.5 Å². The van der Waals surface area contributed by atoms with E-state index in [1.165, 1.54) is 22.8 Å². The molecule has 0 amide bonds. The number of aryl methyl sites for hydroxylation is 2. The first-order chi connectivity index (χ1) is 25.5. The van der Waals surface area contributed by atoms with Crippen LogP contribution < -0.4 is 0 Å². The summed E-state index contributed by atoms with van der Waals surface area (Å²) < 4.78 is 17.9. The van der Waals surface area contributed by atoms with Crippen molar-refractivity contribution in [2.45, 2.75) is 13.8 Å². The molecule has 0 radical (unpaired) electrons. The van der Waals surface area contributed by atoms with Gasteiger partial charge in [-0.3, -0.25) is 0 Å². The van der Waals surface area contributed by atoms with Gasteiger partial charge in [0.2, 0.25) is 0 Å². The fourth-order valence-corrected chi connectivity index (χ4v) is 7.27. The Morgan fingerprint density at radius 3 is 1.69 bits per heavy atom. The summed E-state index contributed by atoms with van der Waals surface area (Å²) in [5.74, 6) is 1.24. The lowest BCUT2D eigenvalue weighted by Crippen LogP contribution is -2.03. The van der Waals surface area contributed by atoms with Gasteiger partial charge < -0.3 is 4.57 Å². The molecule has 0 bridgehead atoms. The number of rotatable bonds is 6. The fourth-order valence-electron chi connectivity index (χ4n) is 7.27. The molecule has 0 spiro atoms. The van der Waals surface area contributed by atoms with E-state index in [1.807, 2.05) is 78.9 Å². The molecular formula is C47H33FN4. The second-order valence-electron chi connectivity index (χ2n) is 13.2. The summed E-state index contributed by atoms with van der Waals surface area (Å²) in [6, 6.07) is 54.7. The van der Waals surface area contributed by atoms with Crippen LogP contribution >= 0.6 is 0 Å². The third-order valence-electron chi connectivity index (χ3n) is 9.59. The van der Waals surface area contributed by atoms with Crippen LogP contribution in [0.3, 0.4) is 0 Å². The molecule has 2 heterocycles.